The second-order valence-corrected chi connectivity index (χ2v) is 4.68. The molecule has 0 amide bonds. The minimum absolute atomic E-state index is 0.344. The van der Waals surface area contributed by atoms with Gasteiger partial charge < -0.3 is 9.84 Å². The van der Waals surface area contributed by atoms with Gasteiger partial charge in [0.05, 0.1) is 22.8 Å². The van der Waals surface area contributed by atoms with Gasteiger partial charge in [0.15, 0.2) is 0 Å². The highest BCUT2D eigenvalue weighted by atomic mass is 35.5. The van der Waals surface area contributed by atoms with Gasteiger partial charge in [-0.15, -0.1) is 0 Å². The molecule has 18 heavy (non-hydrogen) atoms. The first-order valence-electron chi connectivity index (χ1n) is 5.54. The number of rotatable bonds is 1. The first-order valence-corrected chi connectivity index (χ1v) is 5.92. The van der Waals surface area contributed by atoms with E-state index in [2.05, 4.69) is 0 Å². The molecule has 0 radical (unpaired) electrons. The number of hydrogen-bond donors (Lipinski definition) is 1. The molecule has 2 unspecified atom stereocenters. The maximum Gasteiger partial charge on any atom is 0.417 e. The number of halogens is 4. The van der Waals surface area contributed by atoms with Crippen LogP contribution in [0.15, 0.2) is 18.2 Å². The van der Waals surface area contributed by atoms with Crippen LogP contribution in [0, 0.1) is 0 Å². The lowest BCUT2D eigenvalue weighted by Gasteiger charge is -2.27. The number of benzene rings is 1. The average Bonchev–Trinajstić information content (AvgIpc) is 2.27. The highest BCUT2D eigenvalue weighted by Crippen LogP contribution is 2.37. The summed E-state index contributed by atoms with van der Waals surface area (Å²) in [6.07, 6.45) is -4.41. The van der Waals surface area contributed by atoms with E-state index in [1.165, 1.54) is 12.1 Å². The predicted octanol–water partition coefficient (Wildman–Crippen LogP) is 3.57. The second-order valence-electron chi connectivity index (χ2n) is 4.27. The van der Waals surface area contributed by atoms with E-state index < -0.39 is 23.9 Å². The first-order chi connectivity index (χ1) is 8.38. The Morgan fingerprint density at radius 1 is 1.33 bits per heavy atom. The summed E-state index contributed by atoms with van der Waals surface area (Å²) in [6.45, 7) is 0.393. The molecule has 2 rings (SSSR count). The van der Waals surface area contributed by atoms with Crippen molar-refractivity contribution in [1.82, 2.24) is 0 Å². The average molecular weight is 281 g/mol. The highest BCUT2D eigenvalue weighted by molar-refractivity contribution is 6.31. The van der Waals surface area contributed by atoms with Crippen molar-refractivity contribution in [3.05, 3.63) is 34.3 Å². The lowest BCUT2D eigenvalue weighted by atomic mass is 9.98. The third-order valence-corrected chi connectivity index (χ3v) is 3.24. The largest absolute Gasteiger partial charge is 0.417 e. The lowest BCUT2D eigenvalue weighted by molar-refractivity contribution is -0.137. The highest BCUT2D eigenvalue weighted by Gasteiger charge is 2.33. The topological polar surface area (TPSA) is 29.5 Å². The normalized spacial score (nSPS) is 25.2. The fourth-order valence-electron chi connectivity index (χ4n) is 1.97. The lowest BCUT2D eigenvalue weighted by Crippen LogP contribution is -2.23. The Morgan fingerprint density at radius 3 is 2.61 bits per heavy atom. The molecule has 1 aromatic rings. The van der Waals surface area contributed by atoms with E-state index in [1.807, 2.05) is 0 Å². The van der Waals surface area contributed by atoms with Gasteiger partial charge in [-0.3, -0.25) is 0 Å². The van der Waals surface area contributed by atoms with Crippen molar-refractivity contribution in [2.24, 2.45) is 0 Å². The van der Waals surface area contributed by atoms with Crippen LogP contribution in [0.2, 0.25) is 5.02 Å². The van der Waals surface area contributed by atoms with Crippen molar-refractivity contribution in [2.75, 3.05) is 6.61 Å². The number of alkyl halides is 3. The molecule has 0 saturated carbocycles. The standard InChI is InChI=1S/C12H12ClF3O2/c13-10-5-7(1-2-9(10)12(14,15)16)11-6-8(17)3-4-18-11/h1-2,5,8,11,17H,3-4,6H2. The second kappa shape index (κ2) is 5.07. The number of aliphatic hydroxyl groups is 1. The van der Waals surface area contributed by atoms with Gasteiger partial charge in [-0.2, -0.15) is 13.2 Å². The molecule has 1 fully saturated rings. The predicted molar refractivity (Wildman–Crippen MR) is 60.4 cm³/mol. The SMILES string of the molecule is OC1CCOC(c2ccc(C(F)(F)F)c(Cl)c2)C1. The van der Waals surface area contributed by atoms with E-state index in [1.54, 1.807) is 0 Å². The molecule has 2 nitrogen and oxygen atoms in total. The van der Waals surface area contributed by atoms with Crippen molar-refractivity contribution >= 4 is 11.6 Å². The van der Waals surface area contributed by atoms with Crippen LogP contribution in [-0.2, 0) is 10.9 Å². The van der Waals surface area contributed by atoms with E-state index in [4.69, 9.17) is 16.3 Å². The molecule has 0 bridgehead atoms. The molecule has 0 aromatic heterocycles. The fourth-order valence-corrected chi connectivity index (χ4v) is 2.27. The summed E-state index contributed by atoms with van der Waals surface area (Å²) in [5.74, 6) is 0. The third-order valence-electron chi connectivity index (χ3n) is 2.93. The Labute approximate surface area is 107 Å². The summed E-state index contributed by atoms with van der Waals surface area (Å²) in [5, 5.41) is 9.16. The van der Waals surface area contributed by atoms with Crippen molar-refractivity contribution in [3.8, 4) is 0 Å². The van der Waals surface area contributed by atoms with Crippen LogP contribution < -0.4 is 0 Å². The molecular formula is C12H12ClF3O2. The molecule has 1 heterocycles. The van der Waals surface area contributed by atoms with Crippen molar-refractivity contribution in [3.63, 3.8) is 0 Å². The van der Waals surface area contributed by atoms with E-state index >= 15 is 0 Å². The summed E-state index contributed by atoms with van der Waals surface area (Å²) >= 11 is 5.63. The van der Waals surface area contributed by atoms with Crippen molar-refractivity contribution in [2.45, 2.75) is 31.2 Å². The smallest absolute Gasteiger partial charge is 0.393 e. The van der Waals surface area contributed by atoms with Crippen molar-refractivity contribution in [1.29, 1.82) is 0 Å². The quantitative estimate of drug-likeness (QED) is 0.852. The molecule has 0 aliphatic carbocycles. The van der Waals surface area contributed by atoms with Gasteiger partial charge in [-0.25, -0.2) is 0 Å². The Bertz CT molecular complexity index is 434. The van der Waals surface area contributed by atoms with Crippen LogP contribution in [0.4, 0.5) is 13.2 Å². The van der Waals surface area contributed by atoms with Gasteiger partial charge in [0.1, 0.15) is 0 Å². The molecule has 1 saturated heterocycles. The Morgan fingerprint density at radius 2 is 2.06 bits per heavy atom. The molecule has 2 atom stereocenters. The minimum Gasteiger partial charge on any atom is -0.393 e. The van der Waals surface area contributed by atoms with Crippen LogP contribution >= 0.6 is 11.6 Å². The maximum atomic E-state index is 12.5. The summed E-state index contributed by atoms with van der Waals surface area (Å²) in [5.41, 5.74) is -0.295. The minimum atomic E-state index is -4.46. The van der Waals surface area contributed by atoms with Gasteiger partial charge in [-0.05, 0) is 24.1 Å². The fraction of sp³-hybridized carbons (Fsp3) is 0.500. The van der Waals surface area contributed by atoms with Crippen LogP contribution in [0.1, 0.15) is 30.1 Å². The zero-order valence-electron chi connectivity index (χ0n) is 9.38. The summed E-state index contributed by atoms with van der Waals surface area (Å²) in [4.78, 5) is 0. The number of hydrogen-bond acceptors (Lipinski definition) is 2. The molecule has 1 N–H and O–H groups in total. The van der Waals surface area contributed by atoms with Crippen LogP contribution in [0.3, 0.4) is 0 Å². The van der Waals surface area contributed by atoms with E-state index in [9.17, 15) is 18.3 Å². The summed E-state index contributed by atoms with van der Waals surface area (Å²) in [7, 11) is 0. The Hall–Kier alpha value is -0.780. The maximum absolute atomic E-state index is 12.5. The zero-order valence-corrected chi connectivity index (χ0v) is 10.1. The van der Waals surface area contributed by atoms with E-state index in [-0.39, 0.29) is 5.02 Å². The number of aliphatic hydroxyl groups excluding tert-OH is 1. The van der Waals surface area contributed by atoms with Gasteiger partial charge in [0, 0.05) is 13.0 Å². The van der Waals surface area contributed by atoms with Crippen LogP contribution in [0.5, 0.6) is 0 Å². The first kappa shape index (κ1) is 13.6. The summed E-state index contributed by atoms with van der Waals surface area (Å²) in [6, 6.07) is 3.55. The van der Waals surface area contributed by atoms with Crippen LogP contribution in [-0.4, -0.2) is 17.8 Å². The molecule has 0 spiro atoms. The van der Waals surface area contributed by atoms with Gasteiger partial charge in [0.25, 0.3) is 0 Å². The molecule has 1 aromatic carbocycles. The van der Waals surface area contributed by atoms with E-state index in [0.717, 1.165) is 6.07 Å². The number of ether oxygens (including phenoxy) is 1. The molecule has 6 heteroatoms. The third kappa shape index (κ3) is 2.96. The van der Waals surface area contributed by atoms with Gasteiger partial charge in [0.2, 0.25) is 0 Å². The molecule has 1 aliphatic heterocycles. The van der Waals surface area contributed by atoms with Crippen LogP contribution in [0.25, 0.3) is 0 Å². The zero-order chi connectivity index (χ0) is 13.3. The van der Waals surface area contributed by atoms with Crippen molar-refractivity contribution < 1.29 is 23.0 Å². The molecular weight excluding hydrogens is 269 g/mol. The molecule has 100 valence electrons. The van der Waals surface area contributed by atoms with E-state index in [0.29, 0.717) is 25.0 Å². The van der Waals surface area contributed by atoms with Gasteiger partial charge >= 0.3 is 6.18 Å². The van der Waals surface area contributed by atoms with Gasteiger partial charge in [-0.1, -0.05) is 17.7 Å². The summed E-state index contributed by atoms with van der Waals surface area (Å²) < 4.78 is 43.0. The monoisotopic (exact) mass is 280 g/mol. The Balaban J connectivity index is 2.23. The molecule has 1 aliphatic rings. The Kier molecular flexibility index (Phi) is 3.84.